The summed E-state index contributed by atoms with van der Waals surface area (Å²) in [6.07, 6.45) is 20.0. The van der Waals surface area contributed by atoms with Gasteiger partial charge >= 0.3 is 0 Å². The predicted molar refractivity (Wildman–Crippen MR) is 108 cm³/mol. The highest BCUT2D eigenvalue weighted by molar-refractivity contribution is 4.98. The molecule has 0 N–H and O–H groups in total. The van der Waals surface area contributed by atoms with Crippen molar-refractivity contribution in [3.8, 4) is 0 Å². The standard InChI is InChI=1S/C22H41N3/c1-4-7-9-11-13-15-18-21-23-20(17-6-3)24-22(25-21)19-16-14-12-10-8-5-2/h4-19H2,1-3H3. The van der Waals surface area contributed by atoms with Crippen molar-refractivity contribution in [2.75, 3.05) is 0 Å². The van der Waals surface area contributed by atoms with Crippen LogP contribution in [-0.2, 0) is 19.3 Å². The number of unbranched alkanes of at least 4 members (excludes halogenated alkanes) is 10. The third-order valence-electron chi connectivity index (χ3n) is 4.76. The topological polar surface area (TPSA) is 38.7 Å². The van der Waals surface area contributed by atoms with Crippen molar-refractivity contribution in [1.82, 2.24) is 15.0 Å². The lowest BCUT2D eigenvalue weighted by molar-refractivity contribution is 0.585. The highest BCUT2D eigenvalue weighted by atomic mass is 15.0. The summed E-state index contributed by atoms with van der Waals surface area (Å²) in [4.78, 5) is 14.2. The van der Waals surface area contributed by atoms with E-state index in [2.05, 4.69) is 20.8 Å². The molecule has 3 nitrogen and oxygen atoms in total. The Morgan fingerprint density at radius 2 is 0.760 bits per heavy atom. The lowest BCUT2D eigenvalue weighted by atomic mass is 10.1. The summed E-state index contributed by atoms with van der Waals surface area (Å²) in [5, 5.41) is 0. The van der Waals surface area contributed by atoms with Gasteiger partial charge in [0, 0.05) is 19.3 Å². The second kappa shape index (κ2) is 15.3. The molecule has 1 aromatic rings. The van der Waals surface area contributed by atoms with E-state index in [9.17, 15) is 0 Å². The van der Waals surface area contributed by atoms with Gasteiger partial charge in [0.1, 0.15) is 17.5 Å². The molecule has 0 aromatic carbocycles. The Morgan fingerprint density at radius 3 is 1.16 bits per heavy atom. The van der Waals surface area contributed by atoms with Crippen LogP contribution in [0.4, 0.5) is 0 Å². The normalized spacial score (nSPS) is 11.2. The molecule has 0 spiro atoms. The van der Waals surface area contributed by atoms with Gasteiger partial charge in [-0.15, -0.1) is 0 Å². The zero-order valence-corrected chi connectivity index (χ0v) is 17.2. The fourth-order valence-electron chi connectivity index (χ4n) is 3.21. The molecule has 0 radical (unpaired) electrons. The smallest absolute Gasteiger partial charge is 0.132 e. The van der Waals surface area contributed by atoms with Crippen LogP contribution < -0.4 is 0 Å². The van der Waals surface area contributed by atoms with Crippen LogP contribution in [0.5, 0.6) is 0 Å². The number of aromatic nitrogens is 3. The average molecular weight is 348 g/mol. The van der Waals surface area contributed by atoms with E-state index in [-0.39, 0.29) is 0 Å². The van der Waals surface area contributed by atoms with Crippen LogP contribution in [0, 0.1) is 0 Å². The molecule has 0 aliphatic carbocycles. The van der Waals surface area contributed by atoms with E-state index in [1.54, 1.807) is 0 Å². The van der Waals surface area contributed by atoms with E-state index in [4.69, 9.17) is 15.0 Å². The second-order valence-electron chi connectivity index (χ2n) is 7.37. The minimum atomic E-state index is 0.982. The Balaban J connectivity index is 2.41. The zero-order valence-electron chi connectivity index (χ0n) is 17.2. The molecule has 1 aromatic heterocycles. The minimum absolute atomic E-state index is 0.982. The van der Waals surface area contributed by atoms with Gasteiger partial charge in [0.15, 0.2) is 0 Å². The first-order valence-corrected chi connectivity index (χ1v) is 11.0. The molecule has 1 rings (SSSR count). The molecular formula is C22H41N3. The maximum absolute atomic E-state index is 4.76. The van der Waals surface area contributed by atoms with Crippen LogP contribution in [0.1, 0.15) is 122 Å². The van der Waals surface area contributed by atoms with E-state index in [0.29, 0.717) is 0 Å². The van der Waals surface area contributed by atoms with Crippen molar-refractivity contribution >= 4 is 0 Å². The van der Waals surface area contributed by atoms with Crippen LogP contribution in [0.2, 0.25) is 0 Å². The van der Waals surface area contributed by atoms with Gasteiger partial charge in [-0.05, 0) is 19.3 Å². The van der Waals surface area contributed by atoms with E-state index >= 15 is 0 Å². The highest BCUT2D eigenvalue weighted by Gasteiger charge is 2.06. The molecule has 144 valence electrons. The van der Waals surface area contributed by atoms with Gasteiger partial charge < -0.3 is 0 Å². The molecule has 0 fully saturated rings. The SMILES string of the molecule is CCCCCCCCc1nc(CCC)nc(CCCCCCCC)n1. The maximum atomic E-state index is 4.76. The molecule has 25 heavy (non-hydrogen) atoms. The minimum Gasteiger partial charge on any atom is -0.218 e. The molecular weight excluding hydrogens is 306 g/mol. The Labute approximate surface area is 156 Å². The Bertz CT molecular complexity index is 397. The third kappa shape index (κ3) is 11.3. The van der Waals surface area contributed by atoms with Gasteiger partial charge in [0.05, 0.1) is 0 Å². The summed E-state index contributed by atoms with van der Waals surface area (Å²) in [7, 11) is 0. The third-order valence-corrected chi connectivity index (χ3v) is 4.76. The first-order valence-electron chi connectivity index (χ1n) is 11.0. The molecule has 0 saturated carbocycles. The first-order chi connectivity index (χ1) is 12.3. The quantitative estimate of drug-likeness (QED) is 0.315. The summed E-state index contributed by atoms with van der Waals surface area (Å²) in [6.45, 7) is 6.74. The van der Waals surface area contributed by atoms with Crippen LogP contribution in [0.15, 0.2) is 0 Å². The Hall–Kier alpha value is -0.990. The molecule has 0 aliphatic rings. The van der Waals surface area contributed by atoms with Crippen LogP contribution in [-0.4, -0.2) is 15.0 Å². The van der Waals surface area contributed by atoms with Gasteiger partial charge in [0.25, 0.3) is 0 Å². The van der Waals surface area contributed by atoms with Gasteiger partial charge in [-0.3, -0.25) is 0 Å². The number of hydrogen-bond acceptors (Lipinski definition) is 3. The van der Waals surface area contributed by atoms with Crippen LogP contribution >= 0.6 is 0 Å². The lowest BCUT2D eigenvalue weighted by Gasteiger charge is -2.07. The van der Waals surface area contributed by atoms with Crippen LogP contribution in [0.3, 0.4) is 0 Å². The average Bonchev–Trinajstić information content (AvgIpc) is 2.61. The fourth-order valence-corrected chi connectivity index (χ4v) is 3.21. The van der Waals surface area contributed by atoms with Gasteiger partial charge in [-0.25, -0.2) is 15.0 Å². The molecule has 0 saturated heterocycles. The largest absolute Gasteiger partial charge is 0.218 e. The molecule has 3 heteroatoms. The molecule has 0 aliphatic heterocycles. The van der Waals surface area contributed by atoms with Crippen LogP contribution in [0.25, 0.3) is 0 Å². The van der Waals surface area contributed by atoms with Crippen molar-refractivity contribution in [3.05, 3.63) is 17.5 Å². The van der Waals surface area contributed by atoms with E-state index < -0.39 is 0 Å². The Kier molecular flexibility index (Phi) is 13.5. The number of nitrogens with zero attached hydrogens (tertiary/aromatic N) is 3. The highest BCUT2D eigenvalue weighted by Crippen LogP contribution is 2.11. The Morgan fingerprint density at radius 1 is 0.400 bits per heavy atom. The number of aryl methyl sites for hydroxylation is 3. The summed E-state index contributed by atoms with van der Waals surface area (Å²) < 4.78 is 0. The lowest BCUT2D eigenvalue weighted by Crippen LogP contribution is -2.08. The van der Waals surface area contributed by atoms with E-state index in [0.717, 1.165) is 43.2 Å². The monoisotopic (exact) mass is 347 g/mol. The fraction of sp³-hybridized carbons (Fsp3) is 0.864. The number of hydrogen-bond donors (Lipinski definition) is 0. The van der Waals surface area contributed by atoms with E-state index in [1.807, 2.05) is 0 Å². The van der Waals surface area contributed by atoms with Gasteiger partial charge in [-0.2, -0.15) is 0 Å². The second-order valence-corrected chi connectivity index (χ2v) is 7.37. The van der Waals surface area contributed by atoms with Crippen molar-refractivity contribution in [2.45, 2.75) is 124 Å². The van der Waals surface area contributed by atoms with Crippen molar-refractivity contribution < 1.29 is 0 Å². The van der Waals surface area contributed by atoms with Crippen molar-refractivity contribution in [2.24, 2.45) is 0 Å². The van der Waals surface area contributed by atoms with Gasteiger partial charge in [0.2, 0.25) is 0 Å². The summed E-state index contributed by atoms with van der Waals surface area (Å²) in [5.41, 5.74) is 0. The first kappa shape index (κ1) is 22.1. The zero-order chi connectivity index (χ0) is 18.2. The molecule has 0 bridgehead atoms. The molecule has 1 heterocycles. The maximum Gasteiger partial charge on any atom is 0.132 e. The molecule has 0 amide bonds. The van der Waals surface area contributed by atoms with E-state index in [1.165, 1.54) is 77.0 Å². The number of rotatable bonds is 16. The summed E-state index contributed by atoms with van der Waals surface area (Å²) in [6, 6.07) is 0. The van der Waals surface area contributed by atoms with Crippen molar-refractivity contribution in [1.29, 1.82) is 0 Å². The predicted octanol–water partition coefficient (Wildman–Crippen LogP) is 6.63. The molecule has 0 unspecified atom stereocenters. The van der Waals surface area contributed by atoms with Gasteiger partial charge in [-0.1, -0.05) is 85.0 Å². The molecule has 0 atom stereocenters. The summed E-state index contributed by atoms with van der Waals surface area (Å²) >= 11 is 0. The summed E-state index contributed by atoms with van der Waals surface area (Å²) in [5.74, 6) is 3.09. The van der Waals surface area contributed by atoms with Crippen molar-refractivity contribution in [3.63, 3.8) is 0 Å².